The molecule has 0 bridgehead atoms. The lowest BCUT2D eigenvalue weighted by atomic mass is 10.2. The standard InChI is InChI=1S/C21H25ClN4O3S2/c1-14-13-31-19(20(28)29-2)18(14)24-21(30)26-9-5-8-25(10-11-26)12-17(27)23-16-7-4-3-6-15(16)22/h3-4,6-7,13H,5,8-12H2,1-2H3,(H,23,27)(H,24,30). The summed E-state index contributed by atoms with van der Waals surface area (Å²) >= 11 is 13.1. The van der Waals surface area contributed by atoms with E-state index in [0.29, 0.717) is 39.5 Å². The summed E-state index contributed by atoms with van der Waals surface area (Å²) in [4.78, 5) is 29.1. The maximum atomic E-state index is 12.4. The van der Waals surface area contributed by atoms with Crippen LogP contribution >= 0.6 is 35.2 Å². The minimum atomic E-state index is -0.380. The van der Waals surface area contributed by atoms with Gasteiger partial charge in [0.2, 0.25) is 5.91 Å². The minimum Gasteiger partial charge on any atom is -0.465 e. The van der Waals surface area contributed by atoms with Crippen molar-refractivity contribution in [3.63, 3.8) is 0 Å². The van der Waals surface area contributed by atoms with Crippen molar-refractivity contribution >= 4 is 63.5 Å². The molecule has 2 aromatic rings. The van der Waals surface area contributed by atoms with E-state index >= 15 is 0 Å². The van der Waals surface area contributed by atoms with Crippen molar-refractivity contribution < 1.29 is 14.3 Å². The van der Waals surface area contributed by atoms with E-state index in [2.05, 4.69) is 20.4 Å². The number of methoxy groups -OCH3 is 1. The first-order chi connectivity index (χ1) is 14.9. The Balaban J connectivity index is 1.54. The third-order valence-corrected chi connectivity index (χ3v) is 6.74. The molecule has 2 N–H and O–H groups in total. The first-order valence-electron chi connectivity index (χ1n) is 9.88. The van der Waals surface area contributed by atoms with Crippen molar-refractivity contribution in [3.8, 4) is 0 Å². The lowest BCUT2D eigenvalue weighted by molar-refractivity contribution is -0.117. The van der Waals surface area contributed by atoms with Gasteiger partial charge in [-0.1, -0.05) is 23.7 Å². The van der Waals surface area contributed by atoms with Gasteiger partial charge in [0.05, 0.1) is 30.1 Å². The lowest BCUT2D eigenvalue weighted by Gasteiger charge is -2.25. The molecule has 31 heavy (non-hydrogen) atoms. The Morgan fingerprint density at radius 3 is 2.71 bits per heavy atom. The zero-order valence-electron chi connectivity index (χ0n) is 17.4. The number of nitrogens with zero attached hydrogens (tertiary/aromatic N) is 2. The van der Waals surface area contributed by atoms with Gasteiger partial charge < -0.3 is 20.3 Å². The molecule has 1 aromatic carbocycles. The summed E-state index contributed by atoms with van der Waals surface area (Å²) in [5.41, 5.74) is 2.26. The SMILES string of the molecule is COC(=O)c1scc(C)c1NC(=S)N1CCCN(CC(=O)Nc2ccccc2Cl)CC1. The topological polar surface area (TPSA) is 73.9 Å². The van der Waals surface area contributed by atoms with Crippen LogP contribution in [0.1, 0.15) is 21.7 Å². The molecule has 0 radical (unpaired) electrons. The zero-order chi connectivity index (χ0) is 22.4. The van der Waals surface area contributed by atoms with Gasteiger partial charge >= 0.3 is 5.97 Å². The highest BCUT2D eigenvalue weighted by Crippen LogP contribution is 2.28. The number of amides is 1. The molecule has 1 aromatic heterocycles. The number of ether oxygens (including phenoxy) is 1. The summed E-state index contributed by atoms with van der Waals surface area (Å²) in [7, 11) is 1.37. The number of anilines is 2. The summed E-state index contributed by atoms with van der Waals surface area (Å²) in [5.74, 6) is -0.478. The first-order valence-corrected chi connectivity index (χ1v) is 11.5. The van der Waals surface area contributed by atoms with Crippen LogP contribution < -0.4 is 10.6 Å². The molecule has 1 saturated heterocycles. The summed E-state index contributed by atoms with van der Waals surface area (Å²) in [5, 5.41) is 9.07. The summed E-state index contributed by atoms with van der Waals surface area (Å²) < 4.78 is 4.86. The highest BCUT2D eigenvalue weighted by atomic mass is 35.5. The average molecular weight is 481 g/mol. The second-order valence-corrected chi connectivity index (χ2v) is 8.86. The fourth-order valence-corrected chi connectivity index (χ4v) is 4.71. The number of thiocarbonyl (C=S) groups is 1. The van der Waals surface area contributed by atoms with E-state index in [-0.39, 0.29) is 18.4 Å². The predicted molar refractivity (Wildman–Crippen MR) is 129 cm³/mol. The molecular formula is C21H25ClN4O3S2. The number of hydrogen-bond donors (Lipinski definition) is 2. The third kappa shape index (κ3) is 6.16. The lowest BCUT2D eigenvalue weighted by Crippen LogP contribution is -2.39. The van der Waals surface area contributed by atoms with Crippen LogP contribution in [0, 0.1) is 6.92 Å². The maximum Gasteiger partial charge on any atom is 0.350 e. The molecule has 1 amide bonds. The number of halogens is 1. The van der Waals surface area contributed by atoms with Gasteiger partial charge in [-0.3, -0.25) is 9.69 Å². The normalized spacial score (nSPS) is 14.6. The number of carbonyl (C=O) groups is 2. The van der Waals surface area contributed by atoms with Crippen molar-refractivity contribution in [2.45, 2.75) is 13.3 Å². The fourth-order valence-electron chi connectivity index (χ4n) is 3.32. The van der Waals surface area contributed by atoms with Gasteiger partial charge in [0.15, 0.2) is 5.11 Å². The van der Waals surface area contributed by atoms with Gasteiger partial charge in [-0.25, -0.2) is 4.79 Å². The van der Waals surface area contributed by atoms with Crippen LogP contribution in [0.25, 0.3) is 0 Å². The molecule has 1 aliphatic rings. The summed E-state index contributed by atoms with van der Waals surface area (Å²) in [6, 6.07) is 7.18. The average Bonchev–Trinajstić information content (AvgIpc) is 2.96. The number of benzene rings is 1. The van der Waals surface area contributed by atoms with Gasteiger partial charge in [-0.05, 0) is 48.6 Å². The van der Waals surface area contributed by atoms with E-state index in [1.807, 2.05) is 24.4 Å². The van der Waals surface area contributed by atoms with E-state index in [0.717, 1.165) is 25.1 Å². The fraction of sp³-hybridized carbons (Fsp3) is 0.381. The smallest absolute Gasteiger partial charge is 0.350 e. The van der Waals surface area contributed by atoms with Crippen molar-refractivity contribution in [1.29, 1.82) is 0 Å². The molecule has 0 saturated carbocycles. The highest BCUT2D eigenvalue weighted by Gasteiger charge is 2.22. The van der Waals surface area contributed by atoms with Gasteiger partial charge in [0.25, 0.3) is 0 Å². The molecule has 10 heteroatoms. The Morgan fingerprint density at radius 1 is 1.19 bits per heavy atom. The van der Waals surface area contributed by atoms with E-state index < -0.39 is 0 Å². The van der Waals surface area contributed by atoms with Crippen molar-refractivity contribution in [2.75, 3.05) is 50.5 Å². The molecule has 7 nitrogen and oxygen atoms in total. The van der Waals surface area contributed by atoms with E-state index in [1.165, 1.54) is 18.4 Å². The van der Waals surface area contributed by atoms with Gasteiger partial charge in [0.1, 0.15) is 4.88 Å². The Hall–Kier alpha value is -2.20. The van der Waals surface area contributed by atoms with Crippen LogP contribution in [0.4, 0.5) is 11.4 Å². The minimum absolute atomic E-state index is 0.0983. The number of nitrogens with one attached hydrogen (secondary N) is 2. The van der Waals surface area contributed by atoms with Gasteiger partial charge in [-0.15, -0.1) is 11.3 Å². The molecule has 2 heterocycles. The van der Waals surface area contributed by atoms with Crippen LogP contribution in [0.5, 0.6) is 0 Å². The van der Waals surface area contributed by atoms with E-state index in [9.17, 15) is 9.59 Å². The highest BCUT2D eigenvalue weighted by molar-refractivity contribution is 7.80. The second-order valence-electron chi connectivity index (χ2n) is 7.19. The second kappa shape index (κ2) is 10.9. The monoisotopic (exact) mass is 480 g/mol. The number of esters is 1. The van der Waals surface area contributed by atoms with Crippen LogP contribution in [-0.2, 0) is 9.53 Å². The number of hydrogen-bond acceptors (Lipinski definition) is 6. The maximum absolute atomic E-state index is 12.4. The van der Waals surface area contributed by atoms with Gasteiger partial charge in [-0.2, -0.15) is 0 Å². The van der Waals surface area contributed by atoms with Crippen molar-refractivity contribution in [3.05, 3.63) is 45.1 Å². The molecule has 0 aliphatic carbocycles. The predicted octanol–water partition coefficient (Wildman–Crippen LogP) is 3.84. The molecule has 0 atom stereocenters. The Bertz CT molecular complexity index is 966. The summed E-state index contributed by atoms with van der Waals surface area (Å²) in [6.07, 6.45) is 0.869. The first kappa shape index (κ1) is 23.5. The molecule has 0 unspecified atom stereocenters. The van der Waals surface area contributed by atoms with Gasteiger partial charge in [0, 0.05) is 26.2 Å². The molecule has 3 rings (SSSR count). The molecule has 0 spiro atoms. The quantitative estimate of drug-likeness (QED) is 0.497. The molecule has 166 valence electrons. The van der Waals surface area contributed by atoms with E-state index in [1.54, 1.807) is 12.1 Å². The van der Waals surface area contributed by atoms with E-state index in [4.69, 9.17) is 28.6 Å². The number of aryl methyl sites for hydroxylation is 1. The molecule has 1 aliphatic heterocycles. The van der Waals surface area contributed by atoms with Crippen molar-refractivity contribution in [1.82, 2.24) is 9.80 Å². The van der Waals surface area contributed by atoms with Crippen LogP contribution in [-0.4, -0.2) is 66.6 Å². The molecular weight excluding hydrogens is 456 g/mol. The molecule has 1 fully saturated rings. The van der Waals surface area contributed by atoms with Crippen LogP contribution in [0.3, 0.4) is 0 Å². The van der Waals surface area contributed by atoms with Crippen molar-refractivity contribution in [2.24, 2.45) is 0 Å². The number of para-hydroxylation sites is 1. The largest absolute Gasteiger partial charge is 0.465 e. The third-order valence-electron chi connectivity index (χ3n) is 4.97. The Morgan fingerprint density at radius 2 is 1.97 bits per heavy atom. The van der Waals surface area contributed by atoms with Crippen LogP contribution in [0.2, 0.25) is 5.02 Å². The Labute approximate surface area is 196 Å². The zero-order valence-corrected chi connectivity index (χ0v) is 19.8. The van der Waals surface area contributed by atoms with Crippen LogP contribution in [0.15, 0.2) is 29.6 Å². The Kier molecular flexibility index (Phi) is 8.25. The summed E-state index contributed by atoms with van der Waals surface area (Å²) in [6.45, 7) is 5.16. The number of carbonyl (C=O) groups excluding carboxylic acids is 2. The number of rotatable bonds is 5. The number of thiophene rings is 1.